The van der Waals surface area contributed by atoms with Crippen LogP contribution >= 0.6 is 11.3 Å². The Bertz CT molecular complexity index is 1230. The molecule has 0 atom stereocenters. The highest BCUT2D eigenvalue weighted by atomic mass is 32.1. The summed E-state index contributed by atoms with van der Waals surface area (Å²) in [6.07, 6.45) is 4.11. The number of methoxy groups -OCH3 is 1. The third-order valence-corrected chi connectivity index (χ3v) is 6.02. The number of aryl methyl sites for hydroxylation is 2. The third kappa shape index (κ3) is 3.26. The van der Waals surface area contributed by atoms with Crippen LogP contribution in [0.4, 0.5) is 0 Å². The molecule has 27 heavy (non-hydrogen) atoms. The van der Waals surface area contributed by atoms with E-state index in [1.165, 1.54) is 5.56 Å². The minimum absolute atomic E-state index is 0.778. The zero-order valence-electron chi connectivity index (χ0n) is 16.1. The fourth-order valence-corrected chi connectivity index (χ4v) is 4.26. The van der Waals surface area contributed by atoms with Crippen LogP contribution < -0.4 is 25.3 Å². The summed E-state index contributed by atoms with van der Waals surface area (Å²) in [6.45, 7) is 7.71. The molecule has 140 valence electrons. The Labute approximate surface area is 161 Å². The molecular weight excluding hydrogens is 358 g/mol. The van der Waals surface area contributed by atoms with E-state index in [0.29, 0.717) is 0 Å². The Kier molecular flexibility index (Phi) is 4.13. The average Bonchev–Trinajstić information content (AvgIpc) is 3.29. The van der Waals surface area contributed by atoms with Crippen LogP contribution in [0.15, 0.2) is 23.2 Å². The van der Waals surface area contributed by atoms with Gasteiger partial charge < -0.3 is 19.8 Å². The van der Waals surface area contributed by atoms with Gasteiger partial charge in [0.05, 0.1) is 39.0 Å². The molecule has 3 aromatic heterocycles. The number of nitrogens with one attached hydrogen (secondary N) is 2. The lowest BCUT2D eigenvalue weighted by Crippen LogP contribution is -2.14. The summed E-state index contributed by atoms with van der Waals surface area (Å²) < 4.78 is 6.62. The van der Waals surface area contributed by atoms with E-state index in [1.807, 2.05) is 25.1 Å². The molecule has 0 saturated carbocycles. The second-order valence-electron chi connectivity index (χ2n) is 7.42. The van der Waals surface area contributed by atoms with Crippen molar-refractivity contribution in [2.45, 2.75) is 33.3 Å². The van der Waals surface area contributed by atoms with Crippen LogP contribution in [0.3, 0.4) is 0 Å². The Morgan fingerprint density at radius 3 is 2.56 bits per heavy atom. The Hall–Kier alpha value is -2.57. The predicted molar refractivity (Wildman–Crippen MR) is 109 cm³/mol. The molecule has 1 aliphatic rings. The van der Waals surface area contributed by atoms with E-state index in [2.05, 4.69) is 29.0 Å². The SMILES string of the molecule is COc1cc(=C2C=c3sc(C(C)(C)O)cc3=N2)[nH]/c1=C\c1[nH]c(C)cc1C. The maximum atomic E-state index is 10.2. The molecule has 0 amide bonds. The number of H-pyrrole nitrogens is 2. The fourth-order valence-electron chi connectivity index (χ4n) is 3.22. The molecule has 0 spiro atoms. The van der Waals surface area contributed by atoms with Crippen molar-refractivity contribution < 1.29 is 9.84 Å². The van der Waals surface area contributed by atoms with Gasteiger partial charge in [-0.1, -0.05) is 0 Å². The molecule has 4 heterocycles. The van der Waals surface area contributed by atoms with Crippen LogP contribution in [0, 0.1) is 13.8 Å². The minimum atomic E-state index is -0.845. The number of aromatic amines is 2. The van der Waals surface area contributed by atoms with Gasteiger partial charge in [-0.05, 0) is 57.5 Å². The molecule has 0 unspecified atom stereocenters. The highest BCUT2D eigenvalue weighted by Gasteiger charge is 2.20. The number of fused-ring (bicyclic) bond motifs is 1. The second kappa shape index (κ2) is 6.25. The number of aliphatic hydroxyl groups is 1. The monoisotopic (exact) mass is 381 g/mol. The van der Waals surface area contributed by atoms with Crippen LogP contribution in [0.2, 0.25) is 0 Å². The molecule has 0 aromatic carbocycles. The van der Waals surface area contributed by atoms with Crippen LogP contribution in [0.1, 0.15) is 35.7 Å². The summed E-state index contributed by atoms with van der Waals surface area (Å²) in [5, 5.41) is 12.9. The number of thiophene rings is 1. The molecule has 5 nitrogen and oxygen atoms in total. The molecular formula is C21H23N3O2S. The van der Waals surface area contributed by atoms with Crippen LogP contribution in [0.5, 0.6) is 5.75 Å². The average molecular weight is 382 g/mol. The van der Waals surface area contributed by atoms with E-state index in [4.69, 9.17) is 9.73 Å². The van der Waals surface area contributed by atoms with Gasteiger partial charge in [-0.25, -0.2) is 4.99 Å². The Balaban J connectivity index is 1.84. The summed E-state index contributed by atoms with van der Waals surface area (Å²) in [5.41, 5.74) is 3.41. The van der Waals surface area contributed by atoms with Gasteiger partial charge in [-0.15, -0.1) is 11.3 Å². The van der Waals surface area contributed by atoms with Gasteiger partial charge in [0.25, 0.3) is 0 Å². The lowest BCUT2D eigenvalue weighted by Gasteiger charge is -2.13. The lowest BCUT2D eigenvalue weighted by molar-refractivity contribution is 0.0825. The summed E-state index contributed by atoms with van der Waals surface area (Å²) in [7, 11) is 1.67. The van der Waals surface area contributed by atoms with Crippen molar-refractivity contribution in [3.8, 4) is 5.75 Å². The van der Waals surface area contributed by atoms with E-state index in [0.717, 1.165) is 48.3 Å². The van der Waals surface area contributed by atoms with Crippen molar-refractivity contribution in [3.63, 3.8) is 0 Å². The quantitative estimate of drug-likeness (QED) is 0.640. The van der Waals surface area contributed by atoms with Gasteiger partial charge in [0.2, 0.25) is 0 Å². The number of hydrogen-bond acceptors (Lipinski definition) is 4. The highest BCUT2D eigenvalue weighted by molar-refractivity contribution is 7.10. The number of hydrogen-bond donors (Lipinski definition) is 3. The summed E-state index contributed by atoms with van der Waals surface area (Å²) >= 11 is 1.57. The van der Waals surface area contributed by atoms with E-state index >= 15 is 0 Å². The third-order valence-electron chi connectivity index (χ3n) is 4.64. The van der Waals surface area contributed by atoms with E-state index in [-0.39, 0.29) is 0 Å². The van der Waals surface area contributed by atoms with Gasteiger partial charge in [-0.3, -0.25) is 0 Å². The first-order valence-electron chi connectivity index (χ1n) is 8.83. The van der Waals surface area contributed by atoms with Crippen LogP contribution in [-0.4, -0.2) is 22.2 Å². The molecule has 6 heteroatoms. The van der Waals surface area contributed by atoms with E-state index < -0.39 is 5.60 Å². The first-order chi connectivity index (χ1) is 12.7. The highest BCUT2D eigenvalue weighted by Crippen LogP contribution is 2.21. The largest absolute Gasteiger partial charge is 0.494 e. The van der Waals surface area contributed by atoms with Gasteiger partial charge >= 0.3 is 0 Å². The van der Waals surface area contributed by atoms with Crippen molar-refractivity contribution >= 4 is 29.2 Å². The van der Waals surface area contributed by atoms with Gasteiger partial charge in [0.15, 0.2) is 0 Å². The normalized spacial score (nSPS) is 16.3. The molecule has 0 aliphatic carbocycles. The molecule has 3 N–H and O–H groups in total. The zero-order valence-corrected chi connectivity index (χ0v) is 16.9. The summed E-state index contributed by atoms with van der Waals surface area (Å²) in [4.78, 5) is 12.4. The van der Waals surface area contributed by atoms with Gasteiger partial charge in [0, 0.05) is 22.3 Å². The van der Waals surface area contributed by atoms with Crippen molar-refractivity contribution in [2.75, 3.05) is 7.11 Å². The van der Waals surface area contributed by atoms with Gasteiger partial charge in [-0.2, -0.15) is 0 Å². The van der Waals surface area contributed by atoms with Crippen molar-refractivity contribution in [1.29, 1.82) is 0 Å². The molecule has 0 saturated heterocycles. The van der Waals surface area contributed by atoms with E-state index in [9.17, 15) is 5.11 Å². The van der Waals surface area contributed by atoms with Gasteiger partial charge in [0.1, 0.15) is 5.75 Å². The zero-order chi connectivity index (χ0) is 19.3. The van der Waals surface area contributed by atoms with Crippen molar-refractivity contribution in [3.05, 3.63) is 60.6 Å². The Morgan fingerprint density at radius 1 is 1.19 bits per heavy atom. The van der Waals surface area contributed by atoms with Crippen molar-refractivity contribution in [2.24, 2.45) is 4.99 Å². The molecule has 0 fully saturated rings. The molecule has 0 bridgehead atoms. The summed E-state index contributed by atoms with van der Waals surface area (Å²) in [6, 6.07) is 6.05. The number of ether oxygens (including phenoxy) is 1. The maximum absolute atomic E-state index is 10.2. The standard InChI is InChI=1S/C21H23N3O2S/c1-11-6-12(2)22-13(11)7-16-18(26-5)8-14(23-16)15-9-19-17(24-15)10-20(27-19)21(3,4)25/h6-10,22-23,25H,1-5H3/b15-14?,16-7-. The first-order valence-corrected chi connectivity index (χ1v) is 9.64. The van der Waals surface area contributed by atoms with E-state index in [1.54, 1.807) is 32.3 Å². The molecule has 0 radical (unpaired) electrons. The number of nitrogens with zero attached hydrogens (tertiary/aromatic N) is 1. The van der Waals surface area contributed by atoms with Crippen molar-refractivity contribution in [1.82, 2.24) is 9.97 Å². The molecule has 1 aliphatic heterocycles. The molecule has 3 aromatic rings. The topological polar surface area (TPSA) is 73.4 Å². The predicted octanol–water partition coefficient (Wildman–Crippen LogP) is 1.31. The number of rotatable bonds is 3. The fraction of sp³-hybridized carbons (Fsp3) is 0.286. The first kappa shape index (κ1) is 17.8. The summed E-state index contributed by atoms with van der Waals surface area (Å²) in [5.74, 6) is 0.778. The molecule has 4 rings (SSSR count). The van der Waals surface area contributed by atoms with Crippen LogP contribution in [0.25, 0.3) is 17.8 Å². The maximum Gasteiger partial charge on any atom is 0.144 e. The second-order valence-corrected chi connectivity index (χ2v) is 8.50. The Morgan fingerprint density at radius 2 is 1.96 bits per heavy atom. The number of aromatic nitrogens is 2. The van der Waals surface area contributed by atoms with Crippen LogP contribution in [-0.2, 0) is 5.60 Å². The lowest BCUT2D eigenvalue weighted by atomic mass is 10.1. The minimum Gasteiger partial charge on any atom is -0.494 e. The smallest absolute Gasteiger partial charge is 0.144 e.